The molecule has 3 aromatic rings. The molecule has 0 bridgehead atoms. The highest BCUT2D eigenvalue weighted by molar-refractivity contribution is 5.96. The van der Waals surface area contributed by atoms with Crippen molar-refractivity contribution in [3.63, 3.8) is 0 Å². The predicted molar refractivity (Wildman–Crippen MR) is 108 cm³/mol. The molecule has 0 radical (unpaired) electrons. The zero-order valence-corrected chi connectivity index (χ0v) is 16.8. The summed E-state index contributed by atoms with van der Waals surface area (Å²) in [6, 6.07) is 8.58. The molecule has 1 saturated heterocycles. The van der Waals surface area contributed by atoms with Gasteiger partial charge in [-0.25, -0.2) is 0 Å². The van der Waals surface area contributed by atoms with Crippen LogP contribution in [0.2, 0.25) is 0 Å². The number of aromatic nitrogens is 4. The maximum Gasteiger partial charge on any atom is 0.261 e. The number of rotatable bonds is 5. The molecule has 0 unspecified atom stereocenters. The predicted octanol–water partition coefficient (Wildman–Crippen LogP) is 2.34. The first-order valence-corrected chi connectivity index (χ1v) is 10.1. The summed E-state index contributed by atoms with van der Waals surface area (Å²) < 4.78 is 7.08. The molecule has 0 saturated carbocycles. The number of amides is 2. The molecule has 1 aliphatic heterocycles. The van der Waals surface area contributed by atoms with E-state index in [1.807, 2.05) is 13.1 Å². The molecule has 9 nitrogen and oxygen atoms in total. The zero-order valence-electron chi connectivity index (χ0n) is 16.8. The highest BCUT2D eigenvalue weighted by Crippen LogP contribution is 2.30. The number of aryl methyl sites for hydroxylation is 1. The van der Waals surface area contributed by atoms with Crippen LogP contribution in [0.15, 0.2) is 47.2 Å². The van der Waals surface area contributed by atoms with E-state index in [0.717, 1.165) is 31.2 Å². The average Bonchev–Trinajstić information content (AvgIpc) is 3.35. The van der Waals surface area contributed by atoms with Gasteiger partial charge >= 0.3 is 0 Å². The van der Waals surface area contributed by atoms with Crippen LogP contribution < -0.4 is 5.32 Å². The molecule has 1 N–H and O–H groups in total. The second-order valence-electron chi connectivity index (χ2n) is 7.36. The smallest absolute Gasteiger partial charge is 0.261 e. The summed E-state index contributed by atoms with van der Waals surface area (Å²) in [4.78, 5) is 31.5. The molecule has 1 atom stereocenters. The van der Waals surface area contributed by atoms with E-state index in [0.29, 0.717) is 23.8 Å². The minimum Gasteiger partial charge on any atom is -0.343 e. The van der Waals surface area contributed by atoms with E-state index in [4.69, 9.17) is 4.52 Å². The van der Waals surface area contributed by atoms with E-state index in [1.165, 1.54) is 0 Å². The Morgan fingerprint density at radius 1 is 1.20 bits per heavy atom. The van der Waals surface area contributed by atoms with Gasteiger partial charge in [0.1, 0.15) is 0 Å². The maximum absolute atomic E-state index is 13.0. The summed E-state index contributed by atoms with van der Waals surface area (Å²) in [5.74, 6) is 0.443. The Morgan fingerprint density at radius 3 is 2.80 bits per heavy atom. The third-order valence-electron chi connectivity index (χ3n) is 5.20. The molecule has 1 aromatic carbocycles. The van der Waals surface area contributed by atoms with Crippen LogP contribution in [0.3, 0.4) is 0 Å². The van der Waals surface area contributed by atoms with Crippen LogP contribution in [-0.4, -0.2) is 49.7 Å². The first-order chi connectivity index (χ1) is 14.6. The summed E-state index contributed by atoms with van der Waals surface area (Å²) in [7, 11) is 1.82. The summed E-state index contributed by atoms with van der Waals surface area (Å²) in [6.45, 7) is 0.527. The quantitative estimate of drug-likeness (QED) is 0.695. The molecular formula is C21H24N6O3. The summed E-state index contributed by atoms with van der Waals surface area (Å²) in [6.07, 6.45) is 7.12. The summed E-state index contributed by atoms with van der Waals surface area (Å²) in [5.41, 5.74) is 1.26. The lowest BCUT2D eigenvalue weighted by molar-refractivity contribution is -0.132. The second-order valence-corrected chi connectivity index (χ2v) is 7.36. The lowest BCUT2D eigenvalue weighted by Crippen LogP contribution is -2.42. The summed E-state index contributed by atoms with van der Waals surface area (Å²) in [5, 5.41) is 11.0. The monoisotopic (exact) mass is 408 g/mol. The first kappa shape index (κ1) is 19.8. The van der Waals surface area contributed by atoms with Crippen molar-refractivity contribution >= 4 is 11.8 Å². The Hall–Kier alpha value is -3.49. The van der Waals surface area contributed by atoms with E-state index in [-0.39, 0.29) is 24.4 Å². The normalized spacial score (nSPS) is 16.8. The van der Waals surface area contributed by atoms with Crippen LogP contribution in [-0.2, 0) is 11.8 Å². The van der Waals surface area contributed by atoms with Gasteiger partial charge in [-0.1, -0.05) is 36.2 Å². The van der Waals surface area contributed by atoms with Gasteiger partial charge in [0.25, 0.3) is 11.8 Å². The molecule has 0 aliphatic carbocycles. The van der Waals surface area contributed by atoms with Crippen LogP contribution >= 0.6 is 0 Å². The van der Waals surface area contributed by atoms with Crippen molar-refractivity contribution < 1.29 is 14.1 Å². The third kappa shape index (κ3) is 4.40. The molecule has 2 aromatic heterocycles. The third-order valence-corrected chi connectivity index (χ3v) is 5.20. The van der Waals surface area contributed by atoms with Crippen LogP contribution in [0, 0.1) is 0 Å². The minimum absolute atomic E-state index is 0.0719. The highest BCUT2D eigenvalue weighted by Gasteiger charge is 2.30. The SMILES string of the molecule is Cn1cc(-c2nc([C@@H]3CCCCCN3C(=O)CNC(=O)c3ccccc3)no2)cn1. The van der Waals surface area contributed by atoms with E-state index >= 15 is 0 Å². The van der Waals surface area contributed by atoms with Gasteiger partial charge in [-0.05, 0) is 25.0 Å². The van der Waals surface area contributed by atoms with Crippen LogP contribution in [0.1, 0.15) is 47.9 Å². The first-order valence-electron chi connectivity index (χ1n) is 10.1. The van der Waals surface area contributed by atoms with Gasteiger partial charge in [-0.15, -0.1) is 0 Å². The number of hydrogen-bond acceptors (Lipinski definition) is 6. The number of nitrogens with zero attached hydrogens (tertiary/aromatic N) is 5. The minimum atomic E-state index is -0.275. The van der Waals surface area contributed by atoms with E-state index in [1.54, 1.807) is 46.2 Å². The van der Waals surface area contributed by atoms with Gasteiger partial charge in [0, 0.05) is 25.4 Å². The van der Waals surface area contributed by atoms with Crippen molar-refractivity contribution in [2.24, 2.45) is 7.05 Å². The molecular weight excluding hydrogens is 384 g/mol. The van der Waals surface area contributed by atoms with Crippen molar-refractivity contribution in [1.29, 1.82) is 0 Å². The Labute approximate surface area is 174 Å². The lowest BCUT2D eigenvalue weighted by Gasteiger charge is -2.28. The molecule has 4 rings (SSSR count). The molecule has 156 valence electrons. The van der Waals surface area contributed by atoms with Crippen molar-refractivity contribution in [2.45, 2.75) is 31.7 Å². The summed E-state index contributed by atoms with van der Waals surface area (Å²) >= 11 is 0. The molecule has 0 spiro atoms. The van der Waals surface area contributed by atoms with E-state index in [2.05, 4.69) is 20.6 Å². The molecule has 1 aliphatic rings. The van der Waals surface area contributed by atoms with Crippen LogP contribution in [0.4, 0.5) is 0 Å². The topological polar surface area (TPSA) is 106 Å². The number of likely N-dealkylation sites (tertiary alicyclic amines) is 1. The maximum atomic E-state index is 13.0. The Bertz CT molecular complexity index is 1010. The molecule has 9 heteroatoms. The average molecular weight is 408 g/mol. The Balaban J connectivity index is 1.47. The van der Waals surface area contributed by atoms with Gasteiger partial charge in [0.15, 0.2) is 5.82 Å². The van der Waals surface area contributed by atoms with Gasteiger partial charge in [-0.3, -0.25) is 14.3 Å². The zero-order chi connectivity index (χ0) is 20.9. The van der Waals surface area contributed by atoms with E-state index < -0.39 is 0 Å². The number of hydrogen-bond donors (Lipinski definition) is 1. The Morgan fingerprint density at radius 2 is 2.03 bits per heavy atom. The lowest BCUT2D eigenvalue weighted by atomic mass is 10.1. The number of carbonyl (C=O) groups is 2. The number of nitrogens with one attached hydrogen (secondary N) is 1. The molecule has 2 amide bonds. The van der Waals surface area contributed by atoms with Crippen LogP contribution in [0.5, 0.6) is 0 Å². The molecule has 3 heterocycles. The number of benzene rings is 1. The van der Waals surface area contributed by atoms with Crippen molar-refractivity contribution in [2.75, 3.05) is 13.1 Å². The molecule has 1 fully saturated rings. The highest BCUT2D eigenvalue weighted by atomic mass is 16.5. The van der Waals surface area contributed by atoms with Gasteiger partial charge in [0.2, 0.25) is 5.91 Å². The van der Waals surface area contributed by atoms with Crippen molar-refractivity contribution in [1.82, 2.24) is 30.1 Å². The largest absolute Gasteiger partial charge is 0.343 e. The second kappa shape index (κ2) is 8.89. The Kier molecular flexibility index (Phi) is 5.87. The fraction of sp³-hybridized carbons (Fsp3) is 0.381. The van der Waals surface area contributed by atoms with Gasteiger partial charge in [0.05, 0.1) is 24.3 Å². The fourth-order valence-corrected chi connectivity index (χ4v) is 3.64. The van der Waals surface area contributed by atoms with E-state index in [9.17, 15) is 9.59 Å². The van der Waals surface area contributed by atoms with Crippen molar-refractivity contribution in [3.8, 4) is 11.5 Å². The van der Waals surface area contributed by atoms with Crippen molar-refractivity contribution in [3.05, 3.63) is 54.1 Å². The fourth-order valence-electron chi connectivity index (χ4n) is 3.64. The molecule has 30 heavy (non-hydrogen) atoms. The van der Waals surface area contributed by atoms with Crippen LogP contribution in [0.25, 0.3) is 11.5 Å². The van der Waals surface area contributed by atoms with Gasteiger partial charge < -0.3 is 14.7 Å². The standard InChI is InChI=1S/C21H24N6O3/c1-26-14-16(12-23-26)21-24-19(25-30-21)17-10-6-3-7-11-27(17)18(28)13-22-20(29)15-8-4-2-5-9-15/h2,4-5,8-9,12,14,17H,3,6-7,10-11,13H2,1H3,(H,22,29)/t17-/m0/s1. The van der Waals surface area contributed by atoms with Gasteiger partial charge in [-0.2, -0.15) is 10.1 Å². The number of carbonyl (C=O) groups excluding carboxylic acids is 2.